The molecule has 0 aromatic heterocycles. The van der Waals surface area contributed by atoms with Crippen molar-refractivity contribution in [2.24, 2.45) is 0 Å². The number of ether oxygens (including phenoxy) is 2. The van der Waals surface area contributed by atoms with Crippen LogP contribution in [-0.4, -0.2) is 50.3 Å². The van der Waals surface area contributed by atoms with Crippen molar-refractivity contribution >= 4 is 23.9 Å². The molecule has 0 unspecified atom stereocenters. The van der Waals surface area contributed by atoms with E-state index in [1.807, 2.05) is 27.7 Å². The first-order valence-electron chi connectivity index (χ1n) is 11.4. The van der Waals surface area contributed by atoms with Crippen LogP contribution in [0.1, 0.15) is 79.1 Å². The minimum absolute atomic E-state index is 0. The van der Waals surface area contributed by atoms with Crippen molar-refractivity contribution < 1.29 is 70.8 Å². The Morgan fingerprint density at radius 1 is 0.571 bits per heavy atom. The van der Waals surface area contributed by atoms with Gasteiger partial charge in [0, 0.05) is 12.2 Å². The molecule has 0 aliphatic heterocycles. The molecule has 0 saturated carbocycles. The molecule has 0 saturated heterocycles. The van der Waals surface area contributed by atoms with Gasteiger partial charge in [0.1, 0.15) is 0 Å². The van der Waals surface area contributed by atoms with Gasteiger partial charge in [0.25, 0.3) is 0 Å². The standard InChI is InChI=1S/2C8H12O4.2C4H9O.Ti/c2*1-2-3-6-12-8(11)5-4-7(9)10;2*1-2-3-4-5;/h2*4-5H,2-3,6H2,1H3,(H,9,10);2*2-4H2,1H3;/q;;2*-1;+4/p-2/b2*5-4+;;;. The zero-order chi connectivity index (χ0) is 27.0. The van der Waals surface area contributed by atoms with Gasteiger partial charge in [-0.15, -0.1) is 13.2 Å². The van der Waals surface area contributed by atoms with Crippen LogP contribution in [-0.2, 0) is 50.4 Å². The smallest absolute Gasteiger partial charge is 0.854 e. The third-order valence-electron chi connectivity index (χ3n) is 3.19. The van der Waals surface area contributed by atoms with Gasteiger partial charge in [-0.05, 0) is 25.0 Å². The van der Waals surface area contributed by atoms with E-state index < -0.39 is 23.9 Å². The van der Waals surface area contributed by atoms with E-state index >= 15 is 0 Å². The molecule has 0 amide bonds. The Hall–Kier alpha value is -2.01. The summed E-state index contributed by atoms with van der Waals surface area (Å²) in [5, 5.41) is 38.7. The number of rotatable bonds is 14. The fourth-order valence-corrected chi connectivity index (χ4v) is 1.29. The number of carboxylic acids is 2. The van der Waals surface area contributed by atoms with Crippen LogP contribution in [0.15, 0.2) is 24.3 Å². The van der Waals surface area contributed by atoms with Crippen LogP contribution >= 0.6 is 0 Å². The van der Waals surface area contributed by atoms with Crippen molar-refractivity contribution in [3.8, 4) is 0 Å². The first-order chi connectivity index (χ1) is 16.2. The summed E-state index contributed by atoms with van der Waals surface area (Å²) in [4.78, 5) is 40.9. The van der Waals surface area contributed by atoms with Gasteiger partial charge in [0.05, 0.1) is 25.2 Å². The number of carbonyl (C=O) groups is 4. The van der Waals surface area contributed by atoms with Crippen LogP contribution in [0.5, 0.6) is 0 Å². The van der Waals surface area contributed by atoms with Crippen molar-refractivity contribution in [3.05, 3.63) is 24.3 Å². The van der Waals surface area contributed by atoms with Gasteiger partial charge in [-0.1, -0.05) is 66.2 Å². The number of carbonyl (C=O) groups excluding carboxylic acids is 4. The molecule has 0 spiro atoms. The van der Waals surface area contributed by atoms with Gasteiger partial charge < -0.3 is 39.5 Å². The van der Waals surface area contributed by atoms with Gasteiger partial charge in [-0.25, -0.2) is 9.59 Å². The number of hydrogen-bond acceptors (Lipinski definition) is 10. The Kier molecular flexibility index (Phi) is 48.3. The Morgan fingerprint density at radius 3 is 1.03 bits per heavy atom. The summed E-state index contributed by atoms with van der Waals surface area (Å²) >= 11 is 0. The van der Waals surface area contributed by atoms with Crippen molar-refractivity contribution in [2.75, 3.05) is 26.4 Å². The van der Waals surface area contributed by atoms with Gasteiger partial charge in [-0.2, -0.15) is 0 Å². The maximum Gasteiger partial charge on any atom is 4.00 e. The van der Waals surface area contributed by atoms with E-state index in [2.05, 4.69) is 9.47 Å². The topological polar surface area (TPSA) is 179 Å². The second kappa shape index (κ2) is 39.2. The Bertz CT molecular complexity index is 496. The van der Waals surface area contributed by atoms with Crippen molar-refractivity contribution in [1.82, 2.24) is 0 Å². The number of esters is 2. The third kappa shape index (κ3) is 59.5. The minimum Gasteiger partial charge on any atom is -0.854 e. The summed E-state index contributed by atoms with van der Waals surface area (Å²) in [5.74, 6) is -4.09. The molecule has 0 aliphatic rings. The first kappa shape index (κ1) is 43.1. The predicted molar refractivity (Wildman–Crippen MR) is 120 cm³/mol. The van der Waals surface area contributed by atoms with Crippen LogP contribution in [0, 0.1) is 0 Å². The molecule has 0 heterocycles. The normalized spacial score (nSPS) is 9.31. The van der Waals surface area contributed by atoms with Gasteiger partial charge in [-0.3, -0.25) is 0 Å². The molecule has 200 valence electrons. The van der Waals surface area contributed by atoms with E-state index in [4.69, 9.17) is 0 Å². The summed E-state index contributed by atoms with van der Waals surface area (Å²) in [7, 11) is 0. The Labute approximate surface area is 224 Å². The molecule has 10 nitrogen and oxygen atoms in total. The quantitative estimate of drug-likeness (QED) is 0.122. The second-order valence-electron chi connectivity index (χ2n) is 6.46. The second-order valence-corrected chi connectivity index (χ2v) is 6.46. The fraction of sp³-hybridized carbons (Fsp3) is 0.667. The monoisotopic (exact) mass is 536 g/mol. The van der Waals surface area contributed by atoms with Gasteiger partial charge in [0.2, 0.25) is 0 Å². The summed E-state index contributed by atoms with van der Waals surface area (Å²) in [6.07, 6.45) is 10.1. The predicted octanol–water partition coefficient (Wildman–Crippen LogP) is -0.437. The van der Waals surface area contributed by atoms with Crippen molar-refractivity contribution in [2.45, 2.75) is 79.1 Å². The molecule has 0 atom stereocenters. The van der Waals surface area contributed by atoms with E-state index in [-0.39, 0.29) is 34.9 Å². The summed E-state index contributed by atoms with van der Waals surface area (Å²) in [6.45, 7) is 8.79. The average Bonchev–Trinajstić information content (AvgIpc) is 2.79. The maximum absolute atomic E-state index is 10.6. The number of carboxylic acid groups (broad SMARTS) is 2. The zero-order valence-electron chi connectivity index (χ0n) is 21.4. The Morgan fingerprint density at radius 2 is 0.857 bits per heavy atom. The molecule has 0 aliphatic carbocycles. The Balaban J connectivity index is -0.000000122. The fourth-order valence-electron chi connectivity index (χ4n) is 1.29. The summed E-state index contributed by atoms with van der Waals surface area (Å²) in [6, 6.07) is 0. The minimum atomic E-state index is -1.40. The number of hydrogen-bond donors (Lipinski definition) is 0. The first-order valence-corrected chi connectivity index (χ1v) is 11.4. The van der Waals surface area contributed by atoms with Crippen LogP contribution in [0.4, 0.5) is 0 Å². The number of unbranched alkanes of at least 4 members (excludes halogenated alkanes) is 4. The van der Waals surface area contributed by atoms with E-state index in [1.165, 1.54) is 0 Å². The molecule has 35 heavy (non-hydrogen) atoms. The third-order valence-corrected chi connectivity index (χ3v) is 3.19. The molecule has 0 bridgehead atoms. The average molecular weight is 536 g/mol. The van der Waals surface area contributed by atoms with Crippen LogP contribution in [0.2, 0.25) is 0 Å². The van der Waals surface area contributed by atoms with E-state index in [0.29, 0.717) is 25.4 Å². The van der Waals surface area contributed by atoms with E-state index in [9.17, 15) is 39.6 Å². The van der Waals surface area contributed by atoms with E-state index in [0.717, 1.165) is 63.5 Å². The number of aliphatic carboxylic acids is 2. The van der Waals surface area contributed by atoms with Crippen molar-refractivity contribution in [3.63, 3.8) is 0 Å². The molecule has 0 radical (unpaired) electrons. The molecule has 0 aromatic rings. The molecule has 0 rings (SSSR count). The van der Waals surface area contributed by atoms with Crippen LogP contribution in [0.25, 0.3) is 0 Å². The zero-order valence-corrected chi connectivity index (χ0v) is 22.9. The molecular formula is C24H40O10Ti. The van der Waals surface area contributed by atoms with Gasteiger partial charge >= 0.3 is 33.7 Å². The van der Waals surface area contributed by atoms with Crippen molar-refractivity contribution in [1.29, 1.82) is 0 Å². The SMILES string of the molecule is CCCCOC(=O)/C=C/C(=O)[O-].CCCCOC(=O)/C=C/C(=O)[O-].CCCC[O-].CCCC[O-].[Ti+4]. The largest absolute Gasteiger partial charge is 4.00 e. The summed E-state index contributed by atoms with van der Waals surface area (Å²) < 4.78 is 9.23. The molecule has 0 fully saturated rings. The molecular weight excluding hydrogens is 496 g/mol. The van der Waals surface area contributed by atoms with Crippen LogP contribution in [0.3, 0.4) is 0 Å². The van der Waals surface area contributed by atoms with Crippen LogP contribution < -0.4 is 20.4 Å². The van der Waals surface area contributed by atoms with Gasteiger partial charge in [0.15, 0.2) is 0 Å². The maximum atomic E-state index is 10.6. The summed E-state index contributed by atoms with van der Waals surface area (Å²) in [5.41, 5.74) is 0. The molecule has 0 N–H and O–H groups in total. The molecule has 11 heteroatoms. The molecule has 0 aromatic carbocycles. The van der Waals surface area contributed by atoms with E-state index in [1.54, 1.807) is 0 Å².